The second-order valence-corrected chi connectivity index (χ2v) is 6.82. The lowest BCUT2D eigenvalue weighted by atomic mass is 10.2. The molecule has 0 bridgehead atoms. The van der Waals surface area contributed by atoms with Crippen molar-refractivity contribution in [2.75, 3.05) is 58.9 Å². The number of amides is 3. The third-order valence-electron chi connectivity index (χ3n) is 4.90. The Balaban J connectivity index is 1.56. The van der Waals surface area contributed by atoms with E-state index in [0.717, 1.165) is 31.9 Å². The van der Waals surface area contributed by atoms with Crippen LogP contribution in [0.25, 0.3) is 0 Å². The van der Waals surface area contributed by atoms with Crippen LogP contribution in [0.4, 0.5) is 10.5 Å². The molecule has 27 heavy (non-hydrogen) atoms. The number of rotatable bonds is 5. The number of ether oxygens (including phenoxy) is 2. The Bertz CT molecular complexity index is 690. The molecule has 2 N–H and O–H groups in total. The number of methoxy groups -OCH3 is 2. The van der Waals surface area contributed by atoms with Gasteiger partial charge in [-0.25, -0.2) is 9.80 Å². The highest BCUT2D eigenvalue weighted by Crippen LogP contribution is 2.33. The van der Waals surface area contributed by atoms with Gasteiger partial charge in [-0.3, -0.25) is 10.2 Å². The Morgan fingerprint density at radius 1 is 1.11 bits per heavy atom. The number of benzene rings is 1. The first kappa shape index (κ1) is 19.2. The molecule has 148 valence electrons. The van der Waals surface area contributed by atoms with Gasteiger partial charge >= 0.3 is 6.03 Å². The van der Waals surface area contributed by atoms with E-state index in [1.807, 2.05) is 11.1 Å². The predicted molar refractivity (Wildman–Crippen MR) is 101 cm³/mol. The first-order valence-electron chi connectivity index (χ1n) is 9.03. The molecule has 0 aliphatic carbocycles. The van der Waals surface area contributed by atoms with Crippen LogP contribution < -0.4 is 25.1 Å². The minimum absolute atomic E-state index is 0.0351. The van der Waals surface area contributed by atoms with E-state index >= 15 is 0 Å². The van der Waals surface area contributed by atoms with E-state index in [0.29, 0.717) is 18.0 Å². The van der Waals surface area contributed by atoms with E-state index in [4.69, 9.17) is 9.47 Å². The second-order valence-electron chi connectivity index (χ2n) is 6.82. The predicted octanol–water partition coefficient (Wildman–Crippen LogP) is 0.271. The van der Waals surface area contributed by atoms with Crippen LogP contribution in [-0.4, -0.2) is 81.9 Å². The van der Waals surface area contributed by atoms with Gasteiger partial charge in [-0.2, -0.15) is 0 Å². The van der Waals surface area contributed by atoms with Gasteiger partial charge in [0, 0.05) is 50.9 Å². The highest BCUT2D eigenvalue weighted by molar-refractivity contribution is 5.97. The molecule has 2 aliphatic rings. The summed E-state index contributed by atoms with van der Waals surface area (Å²) in [6.07, 6.45) is 0.268. The minimum atomic E-state index is -0.272. The molecule has 0 radical (unpaired) electrons. The molecule has 0 aromatic heterocycles. The van der Waals surface area contributed by atoms with Crippen LogP contribution >= 0.6 is 0 Å². The zero-order valence-electron chi connectivity index (χ0n) is 16.0. The smallest absolute Gasteiger partial charge is 0.329 e. The molecule has 2 fully saturated rings. The summed E-state index contributed by atoms with van der Waals surface area (Å²) < 4.78 is 10.5. The number of nitrogens with zero attached hydrogens (tertiary/aromatic N) is 3. The van der Waals surface area contributed by atoms with Gasteiger partial charge in [-0.05, 0) is 19.2 Å². The van der Waals surface area contributed by atoms with Crippen molar-refractivity contribution < 1.29 is 19.1 Å². The number of hydrogen-bond acceptors (Lipinski definition) is 6. The van der Waals surface area contributed by atoms with Crippen molar-refractivity contribution in [3.63, 3.8) is 0 Å². The van der Waals surface area contributed by atoms with Gasteiger partial charge in [0.2, 0.25) is 5.91 Å². The average molecular weight is 377 g/mol. The van der Waals surface area contributed by atoms with Crippen LogP contribution in [0.15, 0.2) is 18.2 Å². The first-order chi connectivity index (χ1) is 13.0. The summed E-state index contributed by atoms with van der Waals surface area (Å²) in [5.74, 6) is 1.13. The van der Waals surface area contributed by atoms with Crippen molar-refractivity contribution in [3.05, 3.63) is 18.2 Å². The van der Waals surface area contributed by atoms with Gasteiger partial charge in [-0.1, -0.05) is 0 Å². The standard InChI is InChI=1S/C18H27N5O4/c1-21-6-8-22(9-7-21)20-18(25)19-13-10-17(24)23(12-13)14-4-5-15(26-2)16(11-14)27-3/h4-5,11,13H,6-10,12H2,1-3H3,(H2,19,20,25)/t13-/m1/s1. The Morgan fingerprint density at radius 2 is 1.81 bits per heavy atom. The first-order valence-corrected chi connectivity index (χ1v) is 9.03. The Morgan fingerprint density at radius 3 is 2.48 bits per heavy atom. The normalized spacial score (nSPS) is 21.2. The fraction of sp³-hybridized carbons (Fsp3) is 0.556. The fourth-order valence-corrected chi connectivity index (χ4v) is 3.33. The van der Waals surface area contributed by atoms with E-state index in [1.54, 1.807) is 31.3 Å². The molecule has 0 unspecified atom stereocenters. The van der Waals surface area contributed by atoms with E-state index in [2.05, 4.69) is 22.7 Å². The van der Waals surface area contributed by atoms with Crippen LogP contribution in [0.3, 0.4) is 0 Å². The van der Waals surface area contributed by atoms with Crippen molar-refractivity contribution in [3.8, 4) is 11.5 Å². The van der Waals surface area contributed by atoms with Crippen LogP contribution in [0.1, 0.15) is 6.42 Å². The molecule has 0 saturated carbocycles. The summed E-state index contributed by atoms with van der Waals surface area (Å²) in [4.78, 5) is 28.5. The Labute approximate surface area is 159 Å². The van der Waals surface area contributed by atoms with Gasteiger partial charge in [0.15, 0.2) is 11.5 Å². The maximum Gasteiger partial charge on any atom is 0.329 e. The van der Waals surface area contributed by atoms with Crippen molar-refractivity contribution in [2.24, 2.45) is 0 Å². The molecule has 1 aromatic carbocycles. The molecular weight excluding hydrogens is 350 g/mol. The maximum atomic E-state index is 12.4. The lowest BCUT2D eigenvalue weighted by Gasteiger charge is -2.32. The molecule has 2 heterocycles. The quantitative estimate of drug-likeness (QED) is 0.766. The molecule has 2 saturated heterocycles. The summed E-state index contributed by atoms with van der Waals surface area (Å²) >= 11 is 0. The SMILES string of the molecule is COc1ccc(N2C[C@H](NC(=O)NN3CCN(C)CC3)CC2=O)cc1OC. The summed E-state index contributed by atoms with van der Waals surface area (Å²) in [5.41, 5.74) is 3.58. The molecule has 0 spiro atoms. The number of carbonyl (C=O) groups excluding carboxylic acids is 2. The fourth-order valence-electron chi connectivity index (χ4n) is 3.33. The summed E-state index contributed by atoms with van der Waals surface area (Å²) in [7, 11) is 5.18. The number of hydrogen-bond donors (Lipinski definition) is 2. The topological polar surface area (TPSA) is 86.4 Å². The lowest BCUT2D eigenvalue weighted by Crippen LogP contribution is -2.56. The van der Waals surface area contributed by atoms with E-state index in [-0.39, 0.29) is 24.4 Å². The number of likely N-dealkylation sites (N-methyl/N-ethyl adjacent to an activating group) is 1. The summed E-state index contributed by atoms with van der Waals surface area (Å²) in [6.45, 7) is 3.81. The van der Waals surface area contributed by atoms with E-state index < -0.39 is 0 Å². The molecule has 9 heteroatoms. The van der Waals surface area contributed by atoms with E-state index in [1.165, 1.54) is 0 Å². The molecule has 2 aliphatic heterocycles. The highest BCUT2D eigenvalue weighted by atomic mass is 16.5. The van der Waals surface area contributed by atoms with Crippen molar-refractivity contribution >= 4 is 17.6 Å². The largest absolute Gasteiger partial charge is 0.493 e. The molecule has 9 nitrogen and oxygen atoms in total. The number of anilines is 1. The monoisotopic (exact) mass is 377 g/mol. The van der Waals surface area contributed by atoms with Crippen LogP contribution in [-0.2, 0) is 4.79 Å². The Hall–Kier alpha value is -2.52. The average Bonchev–Trinajstić information content (AvgIpc) is 3.02. The van der Waals surface area contributed by atoms with Crippen LogP contribution in [0, 0.1) is 0 Å². The zero-order valence-corrected chi connectivity index (χ0v) is 16.0. The van der Waals surface area contributed by atoms with Gasteiger partial charge in [0.05, 0.1) is 20.3 Å². The van der Waals surface area contributed by atoms with Crippen molar-refractivity contribution in [1.29, 1.82) is 0 Å². The third kappa shape index (κ3) is 4.61. The molecule has 1 atom stereocenters. The van der Waals surface area contributed by atoms with Crippen LogP contribution in [0.5, 0.6) is 11.5 Å². The highest BCUT2D eigenvalue weighted by Gasteiger charge is 2.32. The zero-order chi connectivity index (χ0) is 19.4. The van der Waals surface area contributed by atoms with Gasteiger partial charge < -0.3 is 24.6 Å². The molecule has 3 rings (SSSR count). The number of piperazine rings is 1. The maximum absolute atomic E-state index is 12.4. The number of carbonyl (C=O) groups is 2. The molecule has 3 amide bonds. The third-order valence-corrected chi connectivity index (χ3v) is 4.90. The lowest BCUT2D eigenvalue weighted by molar-refractivity contribution is -0.117. The van der Waals surface area contributed by atoms with Gasteiger partial charge in [0.25, 0.3) is 0 Å². The van der Waals surface area contributed by atoms with Gasteiger partial charge in [0.1, 0.15) is 0 Å². The number of hydrazine groups is 1. The summed E-state index contributed by atoms with van der Waals surface area (Å²) in [6, 6.07) is 4.84. The second kappa shape index (κ2) is 8.45. The number of urea groups is 1. The van der Waals surface area contributed by atoms with Crippen LogP contribution in [0.2, 0.25) is 0 Å². The molecule has 1 aromatic rings. The van der Waals surface area contributed by atoms with Crippen molar-refractivity contribution in [2.45, 2.75) is 12.5 Å². The van der Waals surface area contributed by atoms with E-state index in [9.17, 15) is 9.59 Å². The van der Waals surface area contributed by atoms with Crippen molar-refractivity contribution in [1.82, 2.24) is 20.7 Å². The Kier molecular flexibility index (Phi) is 6.02. The minimum Gasteiger partial charge on any atom is -0.493 e. The summed E-state index contributed by atoms with van der Waals surface area (Å²) in [5, 5.41) is 4.80. The van der Waals surface area contributed by atoms with Gasteiger partial charge in [-0.15, -0.1) is 0 Å². The molecular formula is C18H27N5O4. The number of nitrogens with one attached hydrogen (secondary N) is 2.